The van der Waals surface area contributed by atoms with Crippen LogP contribution in [-0.2, 0) is 9.53 Å². The Morgan fingerprint density at radius 3 is 2.46 bits per heavy atom. The van der Waals surface area contributed by atoms with E-state index in [1.807, 2.05) is 13.8 Å². The molecule has 0 aliphatic carbocycles. The lowest BCUT2D eigenvalue weighted by Gasteiger charge is -2.17. The number of nitrogens with zero attached hydrogens (tertiary/aromatic N) is 2. The van der Waals surface area contributed by atoms with Crippen LogP contribution in [0.1, 0.15) is 37.2 Å². The highest BCUT2D eigenvalue weighted by Gasteiger charge is 2.24. The van der Waals surface area contributed by atoms with Gasteiger partial charge in [0.05, 0.1) is 20.4 Å². The van der Waals surface area contributed by atoms with Crippen molar-refractivity contribution in [3.05, 3.63) is 36.0 Å². The number of carbonyl (C=O) groups excluding carboxylic acids is 2. The Kier molecular flexibility index (Phi) is 6.21. The summed E-state index contributed by atoms with van der Waals surface area (Å²) >= 11 is 0. The maximum atomic E-state index is 12.4. The standard InChI is InChI=1S/C18H23N3O5/c1-11(2)21-15(9-10-19-21)20-17(22)12(3)26-18(23)13-7-6-8-14(24-4)16(13)25-5/h6-12H,1-5H3,(H,20,22)/t12-/m0/s1. The Labute approximate surface area is 152 Å². The zero-order chi connectivity index (χ0) is 19.3. The number of aromatic nitrogens is 2. The molecule has 0 fully saturated rings. The molecule has 8 nitrogen and oxygen atoms in total. The molecule has 1 aromatic heterocycles. The molecule has 2 aromatic rings. The summed E-state index contributed by atoms with van der Waals surface area (Å²) in [6, 6.07) is 6.61. The molecule has 2 rings (SSSR count). The lowest BCUT2D eigenvalue weighted by molar-refractivity contribution is -0.123. The topological polar surface area (TPSA) is 91.7 Å². The summed E-state index contributed by atoms with van der Waals surface area (Å²) in [6.07, 6.45) is 0.585. The van der Waals surface area contributed by atoms with Crippen molar-refractivity contribution >= 4 is 17.7 Å². The Balaban J connectivity index is 2.09. The van der Waals surface area contributed by atoms with Gasteiger partial charge in [-0.1, -0.05) is 6.07 Å². The lowest BCUT2D eigenvalue weighted by atomic mass is 10.2. The van der Waals surface area contributed by atoms with Crippen LogP contribution < -0.4 is 14.8 Å². The number of rotatable bonds is 7. The van der Waals surface area contributed by atoms with E-state index in [0.29, 0.717) is 11.6 Å². The number of anilines is 1. The molecule has 1 N–H and O–H groups in total. The first-order valence-corrected chi connectivity index (χ1v) is 8.15. The molecule has 0 aliphatic heterocycles. The van der Waals surface area contributed by atoms with Crippen LogP contribution >= 0.6 is 0 Å². The predicted molar refractivity (Wildman–Crippen MR) is 95.7 cm³/mol. The summed E-state index contributed by atoms with van der Waals surface area (Å²) < 4.78 is 17.3. The van der Waals surface area contributed by atoms with Crippen molar-refractivity contribution in [1.29, 1.82) is 0 Å². The summed E-state index contributed by atoms with van der Waals surface area (Å²) in [5, 5.41) is 6.85. The van der Waals surface area contributed by atoms with Crippen LogP contribution in [0.4, 0.5) is 5.82 Å². The number of ether oxygens (including phenoxy) is 3. The SMILES string of the molecule is COc1cccc(C(=O)O[C@@H](C)C(=O)Nc2ccnn2C(C)C)c1OC. The van der Waals surface area contributed by atoms with Gasteiger partial charge in [-0.2, -0.15) is 5.10 Å². The van der Waals surface area contributed by atoms with Crippen LogP contribution in [0.5, 0.6) is 11.5 Å². The van der Waals surface area contributed by atoms with Gasteiger partial charge >= 0.3 is 5.97 Å². The smallest absolute Gasteiger partial charge is 0.342 e. The van der Waals surface area contributed by atoms with Crippen molar-refractivity contribution in [1.82, 2.24) is 9.78 Å². The van der Waals surface area contributed by atoms with Gasteiger partial charge in [0.1, 0.15) is 11.4 Å². The van der Waals surface area contributed by atoms with Crippen molar-refractivity contribution in [2.24, 2.45) is 0 Å². The van der Waals surface area contributed by atoms with Gasteiger partial charge in [0, 0.05) is 12.1 Å². The van der Waals surface area contributed by atoms with E-state index in [0.717, 1.165) is 0 Å². The van der Waals surface area contributed by atoms with Crippen LogP contribution in [0.2, 0.25) is 0 Å². The monoisotopic (exact) mass is 361 g/mol. The largest absolute Gasteiger partial charge is 0.493 e. The van der Waals surface area contributed by atoms with E-state index in [4.69, 9.17) is 14.2 Å². The summed E-state index contributed by atoms with van der Waals surface area (Å²) in [6.45, 7) is 5.39. The average molecular weight is 361 g/mol. The van der Waals surface area contributed by atoms with Gasteiger partial charge in [-0.25, -0.2) is 9.48 Å². The van der Waals surface area contributed by atoms with E-state index in [9.17, 15) is 9.59 Å². The second-order valence-corrected chi connectivity index (χ2v) is 5.83. The van der Waals surface area contributed by atoms with E-state index >= 15 is 0 Å². The molecule has 26 heavy (non-hydrogen) atoms. The van der Waals surface area contributed by atoms with Gasteiger partial charge in [-0.3, -0.25) is 4.79 Å². The number of esters is 1. The highest BCUT2D eigenvalue weighted by atomic mass is 16.6. The maximum Gasteiger partial charge on any atom is 0.342 e. The van der Waals surface area contributed by atoms with E-state index in [-0.39, 0.29) is 17.4 Å². The number of amides is 1. The second-order valence-electron chi connectivity index (χ2n) is 5.83. The number of benzene rings is 1. The predicted octanol–water partition coefficient (Wildman–Crippen LogP) is 2.67. The fourth-order valence-corrected chi connectivity index (χ4v) is 2.38. The molecule has 0 spiro atoms. The van der Waals surface area contributed by atoms with Crippen LogP contribution in [-0.4, -0.2) is 42.0 Å². The number of hydrogen-bond acceptors (Lipinski definition) is 6. The van der Waals surface area contributed by atoms with Gasteiger partial charge < -0.3 is 19.5 Å². The van der Waals surface area contributed by atoms with Crippen LogP contribution in [0.3, 0.4) is 0 Å². The minimum Gasteiger partial charge on any atom is -0.493 e. The number of hydrogen-bond donors (Lipinski definition) is 1. The molecule has 140 valence electrons. The van der Waals surface area contributed by atoms with Crippen molar-refractivity contribution in [3.8, 4) is 11.5 Å². The van der Waals surface area contributed by atoms with E-state index in [1.165, 1.54) is 21.1 Å². The van der Waals surface area contributed by atoms with Gasteiger partial charge in [0.2, 0.25) is 0 Å². The Morgan fingerprint density at radius 1 is 1.12 bits per heavy atom. The van der Waals surface area contributed by atoms with Crippen molar-refractivity contribution in [2.45, 2.75) is 32.9 Å². The number of nitrogens with one attached hydrogen (secondary N) is 1. The van der Waals surface area contributed by atoms with E-state index in [1.54, 1.807) is 35.1 Å². The summed E-state index contributed by atoms with van der Waals surface area (Å²) in [5.41, 5.74) is 0.179. The summed E-state index contributed by atoms with van der Waals surface area (Å²) in [4.78, 5) is 24.8. The minimum absolute atomic E-state index is 0.0826. The molecule has 1 heterocycles. The number of methoxy groups -OCH3 is 2. The quantitative estimate of drug-likeness (QED) is 0.762. The fourth-order valence-electron chi connectivity index (χ4n) is 2.38. The Bertz CT molecular complexity index is 785. The molecular formula is C18H23N3O5. The normalized spacial score (nSPS) is 11.8. The average Bonchev–Trinajstić information content (AvgIpc) is 3.08. The van der Waals surface area contributed by atoms with Crippen LogP contribution in [0.25, 0.3) is 0 Å². The molecule has 1 aromatic carbocycles. The van der Waals surface area contributed by atoms with Crippen LogP contribution in [0, 0.1) is 0 Å². The first kappa shape index (κ1) is 19.3. The molecule has 0 aliphatic rings. The van der Waals surface area contributed by atoms with Gasteiger partial charge in [0.15, 0.2) is 17.6 Å². The number of para-hydroxylation sites is 1. The van der Waals surface area contributed by atoms with Crippen LogP contribution in [0.15, 0.2) is 30.5 Å². The molecule has 0 radical (unpaired) electrons. The molecule has 8 heteroatoms. The number of carbonyl (C=O) groups is 2. The van der Waals surface area contributed by atoms with Gasteiger partial charge in [0.25, 0.3) is 5.91 Å². The summed E-state index contributed by atoms with van der Waals surface area (Å²) in [5.74, 6) is 0.0561. The molecule has 0 unspecified atom stereocenters. The summed E-state index contributed by atoms with van der Waals surface area (Å²) in [7, 11) is 2.90. The third kappa shape index (κ3) is 4.14. The Morgan fingerprint density at radius 2 is 1.85 bits per heavy atom. The lowest BCUT2D eigenvalue weighted by Crippen LogP contribution is -2.31. The van der Waals surface area contributed by atoms with Crippen molar-refractivity contribution < 1.29 is 23.8 Å². The zero-order valence-corrected chi connectivity index (χ0v) is 15.5. The third-order valence-electron chi connectivity index (χ3n) is 3.69. The van der Waals surface area contributed by atoms with Gasteiger partial charge in [-0.15, -0.1) is 0 Å². The molecule has 1 atom stereocenters. The third-order valence-corrected chi connectivity index (χ3v) is 3.69. The molecular weight excluding hydrogens is 338 g/mol. The molecule has 0 saturated heterocycles. The Hall–Kier alpha value is -3.03. The first-order valence-electron chi connectivity index (χ1n) is 8.15. The second kappa shape index (κ2) is 8.37. The van der Waals surface area contributed by atoms with E-state index < -0.39 is 18.0 Å². The maximum absolute atomic E-state index is 12.4. The van der Waals surface area contributed by atoms with Gasteiger partial charge in [-0.05, 0) is 32.9 Å². The highest BCUT2D eigenvalue weighted by molar-refractivity contribution is 5.98. The van der Waals surface area contributed by atoms with Crippen molar-refractivity contribution in [2.75, 3.05) is 19.5 Å². The highest BCUT2D eigenvalue weighted by Crippen LogP contribution is 2.31. The fraction of sp³-hybridized carbons (Fsp3) is 0.389. The first-order chi connectivity index (χ1) is 12.4. The molecule has 0 saturated carbocycles. The van der Waals surface area contributed by atoms with Crippen molar-refractivity contribution in [3.63, 3.8) is 0 Å². The zero-order valence-electron chi connectivity index (χ0n) is 15.5. The molecule has 1 amide bonds. The van der Waals surface area contributed by atoms with E-state index in [2.05, 4.69) is 10.4 Å². The minimum atomic E-state index is -1.01. The molecule has 0 bridgehead atoms.